The number of carboxylic acids is 1. The molecule has 0 spiro atoms. The maximum Gasteiger partial charge on any atom is 0.355 e. The van der Waals surface area contributed by atoms with Gasteiger partial charge in [0.05, 0.1) is 0 Å². The zero-order chi connectivity index (χ0) is 14.0. The molecule has 0 aliphatic heterocycles. The summed E-state index contributed by atoms with van der Waals surface area (Å²) in [6.07, 6.45) is 0. The fourth-order valence-corrected chi connectivity index (χ4v) is 2.83. The molecule has 100 valence electrons. The molecule has 2 aromatic rings. The molecule has 0 amide bonds. The van der Waals surface area contributed by atoms with Crippen molar-refractivity contribution in [3.63, 3.8) is 0 Å². The Bertz CT molecular complexity index is 590. The molecule has 1 heterocycles. The third-order valence-corrected chi connectivity index (χ3v) is 3.87. The molecule has 0 fully saturated rings. The summed E-state index contributed by atoms with van der Waals surface area (Å²) in [6.45, 7) is 6.59. The Hall–Kier alpha value is -1.88. The Balaban J connectivity index is 2.39. The zero-order valence-corrected chi connectivity index (χ0v) is 12.0. The van der Waals surface area contributed by atoms with E-state index in [2.05, 4.69) is 4.98 Å². The first kappa shape index (κ1) is 13.5. The van der Waals surface area contributed by atoms with Crippen LogP contribution in [0.3, 0.4) is 0 Å². The van der Waals surface area contributed by atoms with Crippen molar-refractivity contribution in [2.75, 3.05) is 11.4 Å². The normalized spacial score (nSPS) is 10.5. The maximum absolute atomic E-state index is 11.1. The van der Waals surface area contributed by atoms with Gasteiger partial charge in [0.1, 0.15) is 0 Å². The summed E-state index contributed by atoms with van der Waals surface area (Å²) in [5.74, 6) is -0.972. The Kier molecular flexibility index (Phi) is 3.85. The summed E-state index contributed by atoms with van der Waals surface area (Å²) >= 11 is 1.41. The average Bonchev–Trinajstić information content (AvgIpc) is 2.75. The van der Waals surface area contributed by atoms with Crippen molar-refractivity contribution in [3.05, 3.63) is 40.4 Å². The lowest BCUT2D eigenvalue weighted by Gasteiger charge is -2.19. The highest BCUT2D eigenvalue weighted by Crippen LogP contribution is 2.31. The number of anilines is 2. The van der Waals surface area contributed by atoms with E-state index in [1.165, 1.54) is 16.9 Å². The van der Waals surface area contributed by atoms with Crippen molar-refractivity contribution in [2.24, 2.45) is 0 Å². The first-order valence-electron chi connectivity index (χ1n) is 6.08. The highest BCUT2D eigenvalue weighted by molar-refractivity contribution is 7.15. The van der Waals surface area contributed by atoms with E-state index in [9.17, 15) is 4.79 Å². The monoisotopic (exact) mass is 276 g/mol. The lowest BCUT2D eigenvalue weighted by molar-refractivity contribution is 0.0690. The molecule has 0 atom stereocenters. The first-order chi connectivity index (χ1) is 9.02. The van der Waals surface area contributed by atoms with E-state index in [-0.39, 0.29) is 5.69 Å². The third kappa shape index (κ3) is 2.76. The van der Waals surface area contributed by atoms with Gasteiger partial charge in [0.2, 0.25) is 0 Å². The maximum atomic E-state index is 11.1. The Morgan fingerprint density at radius 2 is 1.95 bits per heavy atom. The minimum absolute atomic E-state index is 0.144. The topological polar surface area (TPSA) is 53.4 Å². The Morgan fingerprint density at radius 1 is 1.32 bits per heavy atom. The standard InChI is InChI=1S/C14H16N2O2S/c1-4-16(11-7-5-9(2)6-8-11)14-15-12(13(17)18)10(3)19-14/h5-8H,4H2,1-3H3,(H,17,18). The van der Waals surface area contributed by atoms with Crippen LogP contribution in [0.4, 0.5) is 10.8 Å². The average molecular weight is 276 g/mol. The summed E-state index contributed by atoms with van der Waals surface area (Å²) in [4.78, 5) is 18.0. The number of aryl methyl sites for hydroxylation is 2. The smallest absolute Gasteiger partial charge is 0.355 e. The van der Waals surface area contributed by atoms with Gasteiger partial charge in [-0.15, -0.1) is 11.3 Å². The summed E-state index contributed by atoms with van der Waals surface area (Å²) in [5, 5.41) is 9.79. The number of hydrogen-bond acceptors (Lipinski definition) is 4. The van der Waals surface area contributed by atoms with Crippen LogP contribution in [-0.2, 0) is 0 Å². The highest BCUT2D eigenvalue weighted by Gasteiger charge is 2.18. The molecule has 0 unspecified atom stereocenters. The largest absolute Gasteiger partial charge is 0.476 e. The van der Waals surface area contributed by atoms with Crippen LogP contribution in [0, 0.1) is 13.8 Å². The van der Waals surface area contributed by atoms with E-state index in [4.69, 9.17) is 5.11 Å². The van der Waals surface area contributed by atoms with Crippen molar-refractivity contribution in [1.82, 2.24) is 4.98 Å². The number of benzene rings is 1. The molecule has 5 heteroatoms. The summed E-state index contributed by atoms with van der Waals surface area (Å²) in [6, 6.07) is 8.12. The molecule has 1 aromatic carbocycles. The fourth-order valence-electron chi connectivity index (χ4n) is 1.85. The van der Waals surface area contributed by atoms with Crippen LogP contribution >= 0.6 is 11.3 Å². The summed E-state index contributed by atoms with van der Waals surface area (Å²) in [7, 11) is 0. The van der Waals surface area contributed by atoms with Gasteiger partial charge in [-0.2, -0.15) is 0 Å². The molecule has 1 N–H and O–H groups in total. The van der Waals surface area contributed by atoms with E-state index < -0.39 is 5.97 Å². The predicted octanol–water partition coefficient (Wildman–Crippen LogP) is 3.62. The number of aromatic nitrogens is 1. The zero-order valence-electron chi connectivity index (χ0n) is 11.2. The molecule has 4 nitrogen and oxygen atoms in total. The summed E-state index contributed by atoms with van der Waals surface area (Å²) < 4.78 is 0. The summed E-state index contributed by atoms with van der Waals surface area (Å²) in [5.41, 5.74) is 2.37. The molecular weight excluding hydrogens is 260 g/mol. The second-order valence-corrected chi connectivity index (χ2v) is 5.47. The van der Waals surface area contributed by atoms with Crippen molar-refractivity contribution >= 4 is 28.1 Å². The van der Waals surface area contributed by atoms with E-state index >= 15 is 0 Å². The molecule has 1 aromatic heterocycles. The lowest BCUT2D eigenvalue weighted by Crippen LogP contribution is -2.16. The highest BCUT2D eigenvalue weighted by atomic mass is 32.1. The first-order valence-corrected chi connectivity index (χ1v) is 6.89. The number of rotatable bonds is 4. The van der Waals surface area contributed by atoms with Crippen molar-refractivity contribution < 1.29 is 9.90 Å². The number of thiazole rings is 1. The van der Waals surface area contributed by atoms with Gasteiger partial charge in [-0.1, -0.05) is 17.7 Å². The van der Waals surface area contributed by atoms with Crippen LogP contribution in [0.1, 0.15) is 27.9 Å². The number of carbonyl (C=O) groups is 1. The van der Waals surface area contributed by atoms with Crippen LogP contribution in [0.2, 0.25) is 0 Å². The van der Waals surface area contributed by atoms with Gasteiger partial charge < -0.3 is 10.0 Å². The Morgan fingerprint density at radius 3 is 2.42 bits per heavy atom. The van der Waals surface area contributed by atoms with E-state index in [1.807, 2.05) is 43.0 Å². The SMILES string of the molecule is CCN(c1ccc(C)cc1)c1nc(C(=O)O)c(C)s1. The third-order valence-electron chi connectivity index (χ3n) is 2.88. The molecule has 0 aliphatic rings. The molecule has 19 heavy (non-hydrogen) atoms. The van der Waals surface area contributed by atoms with Gasteiger partial charge in [-0.3, -0.25) is 0 Å². The quantitative estimate of drug-likeness (QED) is 0.926. The van der Waals surface area contributed by atoms with Crippen LogP contribution in [0.5, 0.6) is 0 Å². The molecular formula is C14H16N2O2S. The number of carboxylic acid groups (broad SMARTS) is 1. The van der Waals surface area contributed by atoms with Gasteiger partial charge in [0.15, 0.2) is 10.8 Å². The molecule has 0 aliphatic carbocycles. The van der Waals surface area contributed by atoms with Crippen LogP contribution < -0.4 is 4.90 Å². The van der Waals surface area contributed by atoms with Crippen molar-refractivity contribution in [1.29, 1.82) is 0 Å². The van der Waals surface area contributed by atoms with E-state index in [0.29, 0.717) is 0 Å². The second kappa shape index (κ2) is 5.40. The predicted molar refractivity (Wildman–Crippen MR) is 77.7 cm³/mol. The van der Waals surface area contributed by atoms with Gasteiger partial charge in [0, 0.05) is 17.1 Å². The number of nitrogens with zero attached hydrogens (tertiary/aromatic N) is 2. The molecule has 0 bridgehead atoms. The minimum Gasteiger partial charge on any atom is -0.476 e. The minimum atomic E-state index is -0.972. The molecule has 0 saturated heterocycles. The van der Waals surface area contributed by atoms with Crippen LogP contribution in [0.15, 0.2) is 24.3 Å². The lowest BCUT2D eigenvalue weighted by atomic mass is 10.2. The molecule has 0 saturated carbocycles. The number of aromatic carboxylic acids is 1. The van der Waals surface area contributed by atoms with E-state index in [1.54, 1.807) is 6.92 Å². The second-order valence-electron chi connectivity index (χ2n) is 4.29. The van der Waals surface area contributed by atoms with Gasteiger partial charge in [0.25, 0.3) is 0 Å². The Labute approximate surface area is 116 Å². The molecule has 2 rings (SSSR count). The van der Waals surface area contributed by atoms with Gasteiger partial charge >= 0.3 is 5.97 Å². The van der Waals surface area contributed by atoms with Crippen LogP contribution in [0.25, 0.3) is 0 Å². The van der Waals surface area contributed by atoms with Gasteiger partial charge in [-0.05, 0) is 32.9 Å². The van der Waals surface area contributed by atoms with Crippen LogP contribution in [-0.4, -0.2) is 22.6 Å². The van der Waals surface area contributed by atoms with Gasteiger partial charge in [-0.25, -0.2) is 9.78 Å². The van der Waals surface area contributed by atoms with Crippen molar-refractivity contribution in [3.8, 4) is 0 Å². The molecule has 0 radical (unpaired) electrons. The number of hydrogen-bond donors (Lipinski definition) is 1. The van der Waals surface area contributed by atoms with E-state index in [0.717, 1.165) is 22.2 Å². The van der Waals surface area contributed by atoms with Crippen molar-refractivity contribution in [2.45, 2.75) is 20.8 Å². The fraction of sp³-hybridized carbons (Fsp3) is 0.286.